The molecule has 0 spiro atoms. The van der Waals surface area contributed by atoms with Crippen LogP contribution in [0.3, 0.4) is 0 Å². The first kappa shape index (κ1) is 14.4. The second-order valence-electron chi connectivity index (χ2n) is 3.47. The molecule has 0 saturated carbocycles. The molecule has 7 heteroatoms. The van der Waals surface area contributed by atoms with Gasteiger partial charge in [0.2, 0.25) is 5.91 Å². The molecule has 0 aliphatic rings. The van der Waals surface area contributed by atoms with E-state index in [1.54, 1.807) is 0 Å². The molecule has 0 radical (unpaired) electrons. The van der Waals surface area contributed by atoms with Gasteiger partial charge in [-0.3, -0.25) is 9.59 Å². The molecule has 2 atom stereocenters. The van der Waals surface area contributed by atoms with Crippen molar-refractivity contribution in [2.45, 2.75) is 38.3 Å². The SMILES string of the molecule is CC(=O)N[C@@H](CCC[C@H](N)C(=O)O)C(=O)O. The Morgan fingerprint density at radius 2 is 1.75 bits per heavy atom. The number of aliphatic carboxylic acids is 2. The number of hydrogen-bond donors (Lipinski definition) is 4. The molecule has 5 N–H and O–H groups in total. The minimum absolute atomic E-state index is 0.163. The summed E-state index contributed by atoms with van der Waals surface area (Å²) in [6, 6.07) is -1.98. The van der Waals surface area contributed by atoms with Crippen molar-refractivity contribution in [2.75, 3.05) is 0 Å². The molecule has 0 aromatic carbocycles. The van der Waals surface area contributed by atoms with Crippen molar-refractivity contribution in [3.8, 4) is 0 Å². The van der Waals surface area contributed by atoms with Gasteiger partial charge in [-0.05, 0) is 19.3 Å². The zero-order valence-corrected chi connectivity index (χ0v) is 8.97. The van der Waals surface area contributed by atoms with E-state index in [4.69, 9.17) is 15.9 Å². The molecular weight excluding hydrogens is 216 g/mol. The molecule has 0 saturated heterocycles. The van der Waals surface area contributed by atoms with Crippen molar-refractivity contribution in [2.24, 2.45) is 5.73 Å². The van der Waals surface area contributed by atoms with Crippen LogP contribution in [0.5, 0.6) is 0 Å². The topological polar surface area (TPSA) is 130 Å². The number of carbonyl (C=O) groups excluding carboxylic acids is 1. The molecule has 0 aliphatic heterocycles. The van der Waals surface area contributed by atoms with E-state index in [1.165, 1.54) is 6.92 Å². The largest absolute Gasteiger partial charge is 0.480 e. The van der Waals surface area contributed by atoms with Crippen LogP contribution in [-0.2, 0) is 14.4 Å². The highest BCUT2D eigenvalue weighted by Crippen LogP contribution is 2.04. The van der Waals surface area contributed by atoms with Crippen molar-refractivity contribution in [3.05, 3.63) is 0 Å². The van der Waals surface area contributed by atoms with Crippen molar-refractivity contribution in [1.29, 1.82) is 0 Å². The lowest BCUT2D eigenvalue weighted by Crippen LogP contribution is -2.40. The van der Waals surface area contributed by atoms with E-state index in [9.17, 15) is 14.4 Å². The van der Waals surface area contributed by atoms with Crippen LogP contribution in [-0.4, -0.2) is 40.1 Å². The Morgan fingerprint density at radius 3 is 2.12 bits per heavy atom. The van der Waals surface area contributed by atoms with Crippen LogP contribution in [0.25, 0.3) is 0 Å². The van der Waals surface area contributed by atoms with E-state index in [1.807, 2.05) is 0 Å². The third kappa shape index (κ3) is 5.97. The van der Waals surface area contributed by atoms with Gasteiger partial charge in [0.1, 0.15) is 12.1 Å². The second-order valence-corrected chi connectivity index (χ2v) is 3.47. The van der Waals surface area contributed by atoms with Crippen molar-refractivity contribution >= 4 is 17.8 Å². The molecule has 1 amide bonds. The van der Waals surface area contributed by atoms with Crippen LogP contribution in [0.2, 0.25) is 0 Å². The summed E-state index contributed by atoms with van der Waals surface area (Å²) < 4.78 is 0. The minimum atomic E-state index is -1.14. The van der Waals surface area contributed by atoms with Crippen LogP contribution in [0, 0.1) is 0 Å². The predicted octanol–water partition coefficient (Wildman–Crippen LogP) is -0.842. The van der Waals surface area contributed by atoms with E-state index in [0.717, 1.165) is 0 Å². The summed E-state index contributed by atoms with van der Waals surface area (Å²) in [6.45, 7) is 1.22. The van der Waals surface area contributed by atoms with Crippen molar-refractivity contribution in [1.82, 2.24) is 5.32 Å². The molecule has 92 valence electrons. The summed E-state index contributed by atoms with van der Waals surface area (Å²) in [4.78, 5) is 31.7. The van der Waals surface area contributed by atoms with Gasteiger partial charge in [0, 0.05) is 6.92 Å². The number of hydrogen-bond acceptors (Lipinski definition) is 4. The summed E-state index contributed by atoms with van der Waals surface area (Å²) in [5.74, 6) is -2.69. The third-order valence-electron chi connectivity index (χ3n) is 2.00. The maximum Gasteiger partial charge on any atom is 0.326 e. The Bertz CT molecular complexity index is 279. The Kier molecular flexibility index (Phi) is 6.09. The maximum atomic E-state index is 10.7. The first-order valence-electron chi connectivity index (χ1n) is 4.83. The standard InChI is InChI=1S/C9H16N2O5/c1-5(12)11-7(9(15)16)4-2-3-6(10)8(13)14/h6-7H,2-4,10H2,1H3,(H,11,12)(H,13,14)(H,15,16)/t6-,7-/m0/s1. The van der Waals surface area contributed by atoms with Gasteiger partial charge in [0.15, 0.2) is 0 Å². The Balaban J connectivity index is 3.99. The fraction of sp³-hybridized carbons (Fsp3) is 0.667. The summed E-state index contributed by atoms with van der Waals surface area (Å²) in [5, 5.41) is 19.5. The van der Waals surface area contributed by atoms with Gasteiger partial charge < -0.3 is 21.3 Å². The third-order valence-corrected chi connectivity index (χ3v) is 2.00. The van der Waals surface area contributed by atoms with Crippen molar-refractivity contribution in [3.63, 3.8) is 0 Å². The lowest BCUT2D eigenvalue weighted by Gasteiger charge is -2.13. The smallest absolute Gasteiger partial charge is 0.326 e. The van der Waals surface area contributed by atoms with Gasteiger partial charge in [0.25, 0.3) is 0 Å². The number of amides is 1. The van der Waals surface area contributed by atoms with E-state index in [-0.39, 0.29) is 12.8 Å². The summed E-state index contributed by atoms with van der Waals surface area (Å²) in [6.07, 6.45) is 0.666. The van der Waals surface area contributed by atoms with Crippen LogP contribution < -0.4 is 11.1 Å². The molecule has 0 rings (SSSR count). The van der Waals surface area contributed by atoms with E-state index >= 15 is 0 Å². The number of nitrogens with two attached hydrogens (primary N) is 1. The lowest BCUT2D eigenvalue weighted by molar-refractivity contribution is -0.141. The number of nitrogens with one attached hydrogen (secondary N) is 1. The second kappa shape index (κ2) is 6.78. The average Bonchev–Trinajstić information content (AvgIpc) is 2.14. The monoisotopic (exact) mass is 232 g/mol. The van der Waals surface area contributed by atoms with Crippen LogP contribution in [0.4, 0.5) is 0 Å². The number of carbonyl (C=O) groups is 3. The summed E-state index contributed by atoms with van der Waals surface area (Å²) in [5.41, 5.74) is 5.25. The Labute approximate surface area is 92.6 Å². The van der Waals surface area contributed by atoms with Gasteiger partial charge in [-0.15, -0.1) is 0 Å². The lowest BCUT2D eigenvalue weighted by atomic mass is 10.1. The summed E-state index contributed by atoms with van der Waals surface area (Å²) >= 11 is 0. The molecule has 16 heavy (non-hydrogen) atoms. The first-order valence-corrected chi connectivity index (χ1v) is 4.83. The molecule has 0 fully saturated rings. The van der Waals surface area contributed by atoms with E-state index in [2.05, 4.69) is 5.32 Å². The number of carboxylic acids is 2. The normalized spacial score (nSPS) is 13.9. The average molecular weight is 232 g/mol. The highest BCUT2D eigenvalue weighted by atomic mass is 16.4. The number of carboxylic acid groups (broad SMARTS) is 2. The van der Waals surface area contributed by atoms with E-state index < -0.39 is 29.9 Å². The highest BCUT2D eigenvalue weighted by molar-refractivity contribution is 5.82. The molecule has 0 bridgehead atoms. The highest BCUT2D eigenvalue weighted by Gasteiger charge is 2.19. The van der Waals surface area contributed by atoms with Crippen LogP contribution >= 0.6 is 0 Å². The summed E-state index contributed by atoms with van der Waals surface area (Å²) in [7, 11) is 0. The van der Waals surface area contributed by atoms with Gasteiger partial charge in [0.05, 0.1) is 0 Å². The fourth-order valence-electron chi connectivity index (χ4n) is 1.17. The van der Waals surface area contributed by atoms with Gasteiger partial charge in [-0.25, -0.2) is 4.79 Å². The zero-order valence-electron chi connectivity index (χ0n) is 8.97. The molecule has 7 nitrogen and oxygen atoms in total. The van der Waals surface area contributed by atoms with E-state index in [0.29, 0.717) is 6.42 Å². The predicted molar refractivity (Wildman–Crippen MR) is 54.7 cm³/mol. The minimum Gasteiger partial charge on any atom is -0.480 e. The molecule has 0 heterocycles. The van der Waals surface area contributed by atoms with Crippen LogP contribution in [0.1, 0.15) is 26.2 Å². The molecule has 0 aliphatic carbocycles. The van der Waals surface area contributed by atoms with Gasteiger partial charge in [-0.2, -0.15) is 0 Å². The molecular formula is C9H16N2O5. The van der Waals surface area contributed by atoms with Crippen LogP contribution in [0.15, 0.2) is 0 Å². The zero-order chi connectivity index (χ0) is 12.7. The maximum absolute atomic E-state index is 10.7. The number of rotatable bonds is 7. The molecule has 0 aromatic rings. The Hall–Kier alpha value is -1.63. The first-order chi connectivity index (χ1) is 7.34. The van der Waals surface area contributed by atoms with Crippen molar-refractivity contribution < 1.29 is 24.6 Å². The van der Waals surface area contributed by atoms with Gasteiger partial charge >= 0.3 is 11.9 Å². The molecule has 0 aromatic heterocycles. The Morgan fingerprint density at radius 1 is 1.19 bits per heavy atom. The quantitative estimate of drug-likeness (QED) is 0.452. The fourth-order valence-corrected chi connectivity index (χ4v) is 1.17. The van der Waals surface area contributed by atoms with Gasteiger partial charge in [-0.1, -0.05) is 0 Å². The molecule has 0 unspecified atom stereocenters.